The van der Waals surface area contributed by atoms with Gasteiger partial charge >= 0.3 is 0 Å². The average Bonchev–Trinajstić information content (AvgIpc) is 2.77. The summed E-state index contributed by atoms with van der Waals surface area (Å²) in [7, 11) is 1.67. The fraction of sp³-hybridized carbons (Fsp3) is 0.478. The van der Waals surface area contributed by atoms with Crippen LogP contribution in [0.3, 0.4) is 0 Å². The van der Waals surface area contributed by atoms with Gasteiger partial charge in [-0.15, -0.1) is 11.8 Å². The van der Waals surface area contributed by atoms with Crippen LogP contribution in [0, 0.1) is 5.82 Å². The van der Waals surface area contributed by atoms with Gasteiger partial charge in [0.25, 0.3) is 0 Å². The van der Waals surface area contributed by atoms with Crippen LogP contribution < -0.4 is 5.32 Å². The Hall–Kier alpha value is -1.44. The van der Waals surface area contributed by atoms with Gasteiger partial charge in [0, 0.05) is 37.3 Å². The highest BCUT2D eigenvalue weighted by Gasteiger charge is 2.42. The first-order valence-electron chi connectivity index (χ1n) is 10.1. The number of nitrogens with one attached hydrogen (secondary N) is 1. The third-order valence-electron chi connectivity index (χ3n) is 5.46. The minimum Gasteiger partial charge on any atom is -0.385 e. The van der Waals surface area contributed by atoms with Crippen molar-refractivity contribution in [2.45, 2.75) is 35.9 Å². The van der Waals surface area contributed by atoms with Crippen molar-refractivity contribution in [3.05, 3.63) is 53.8 Å². The molecule has 2 N–H and O–H groups in total. The molecule has 0 spiro atoms. The number of rotatable bonds is 9. The van der Waals surface area contributed by atoms with Gasteiger partial charge < -0.3 is 19.9 Å². The summed E-state index contributed by atoms with van der Waals surface area (Å²) in [6, 6.07) is 12.7. The molecular weight excluding hydrogens is 389 g/mol. The molecule has 158 valence electrons. The first kappa shape index (κ1) is 22.2. The van der Waals surface area contributed by atoms with Crippen molar-refractivity contribution < 1.29 is 19.0 Å². The standard InChI is InChI=1S/C23H30FNO3S/c1-27-13-4-3-11-23(26,21-16-25-12-14-28-21)19-9-6-10-20(24)22(19)17-7-5-8-18(15-17)29-2/h5-10,15,21,25-26H,3-4,11-14,16H2,1-2H3/t21?,23-/m1/s1. The number of ether oxygens (including phenoxy) is 2. The van der Waals surface area contributed by atoms with E-state index in [-0.39, 0.29) is 5.82 Å². The number of halogens is 1. The third-order valence-corrected chi connectivity index (χ3v) is 6.18. The molecule has 0 bridgehead atoms. The van der Waals surface area contributed by atoms with Gasteiger partial charge in [-0.1, -0.05) is 24.3 Å². The Balaban J connectivity index is 2.05. The molecule has 2 aromatic carbocycles. The molecule has 3 rings (SSSR count). The minimum atomic E-state index is -1.30. The van der Waals surface area contributed by atoms with Crippen molar-refractivity contribution in [3.8, 4) is 11.1 Å². The van der Waals surface area contributed by atoms with Crippen molar-refractivity contribution in [3.63, 3.8) is 0 Å². The molecule has 1 saturated heterocycles. The van der Waals surface area contributed by atoms with E-state index in [1.807, 2.05) is 36.6 Å². The maximum absolute atomic E-state index is 15.1. The van der Waals surface area contributed by atoms with E-state index in [2.05, 4.69) is 5.32 Å². The zero-order chi connectivity index (χ0) is 20.7. The molecule has 0 aromatic heterocycles. The molecule has 1 heterocycles. The highest BCUT2D eigenvalue weighted by Crippen LogP contribution is 2.41. The Morgan fingerprint density at radius 2 is 2.10 bits per heavy atom. The molecule has 1 aliphatic heterocycles. The summed E-state index contributed by atoms with van der Waals surface area (Å²) < 4.78 is 26.2. The van der Waals surface area contributed by atoms with Gasteiger partial charge in [-0.05, 0) is 54.8 Å². The van der Waals surface area contributed by atoms with E-state index in [9.17, 15) is 5.11 Å². The molecule has 0 radical (unpaired) electrons. The summed E-state index contributed by atoms with van der Waals surface area (Å²) >= 11 is 1.61. The van der Waals surface area contributed by atoms with Gasteiger partial charge in [0.05, 0.1) is 6.61 Å². The Morgan fingerprint density at radius 1 is 1.28 bits per heavy atom. The third kappa shape index (κ3) is 5.19. The van der Waals surface area contributed by atoms with Gasteiger partial charge in [0.2, 0.25) is 0 Å². The van der Waals surface area contributed by atoms with Crippen molar-refractivity contribution in [1.29, 1.82) is 0 Å². The van der Waals surface area contributed by atoms with Crippen LogP contribution in [0.25, 0.3) is 11.1 Å². The quantitative estimate of drug-likeness (QED) is 0.471. The highest BCUT2D eigenvalue weighted by molar-refractivity contribution is 7.98. The second kappa shape index (κ2) is 10.5. The van der Waals surface area contributed by atoms with Gasteiger partial charge in [0.15, 0.2) is 0 Å². The summed E-state index contributed by atoms with van der Waals surface area (Å²) in [6.07, 6.45) is 3.61. The number of unbranched alkanes of at least 4 members (excludes halogenated alkanes) is 1. The van der Waals surface area contributed by atoms with Gasteiger partial charge in [-0.3, -0.25) is 0 Å². The van der Waals surface area contributed by atoms with Crippen LogP contribution in [0.4, 0.5) is 4.39 Å². The Labute approximate surface area is 176 Å². The molecule has 2 aromatic rings. The second-order valence-electron chi connectivity index (χ2n) is 7.33. The molecule has 1 aliphatic rings. The normalized spacial score (nSPS) is 19.1. The second-order valence-corrected chi connectivity index (χ2v) is 8.21. The Morgan fingerprint density at radius 3 is 2.83 bits per heavy atom. The van der Waals surface area contributed by atoms with Gasteiger partial charge in [-0.2, -0.15) is 0 Å². The van der Waals surface area contributed by atoms with Crippen LogP contribution in [0.1, 0.15) is 24.8 Å². The van der Waals surface area contributed by atoms with E-state index in [0.29, 0.717) is 37.3 Å². The van der Waals surface area contributed by atoms with Gasteiger partial charge in [-0.25, -0.2) is 4.39 Å². The highest BCUT2D eigenvalue weighted by atomic mass is 32.2. The lowest BCUT2D eigenvalue weighted by Crippen LogP contribution is -2.51. The maximum Gasteiger partial charge on any atom is 0.131 e. The molecule has 2 atom stereocenters. The molecule has 4 nitrogen and oxygen atoms in total. The van der Waals surface area contributed by atoms with E-state index in [0.717, 1.165) is 29.8 Å². The molecule has 0 amide bonds. The number of hydrogen-bond donors (Lipinski definition) is 2. The van der Waals surface area contributed by atoms with E-state index in [4.69, 9.17) is 9.47 Å². The summed E-state index contributed by atoms with van der Waals surface area (Å²) in [5, 5.41) is 15.2. The fourth-order valence-corrected chi connectivity index (χ4v) is 4.40. The molecule has 29 heavy (non-hydrogen) atoms. The number of benzene rings is 2. The van der Waals surface area contributed by atoms with Crippen LogP contribution in [0.5, 0.6) is 0 Å². The predicted octanol–water partition coefficient (Wildman–Crippen LogP) is 4.21. The van der Waals surface area contributed by atoms with E-state index in [1.54, 1.807) is 24.9 Å². The molecule has 1 unspecified atom stereocenters. The van der Waals surface area contributed by atoms with E-state index >= 15 is 4.39 Å². The molecule has 1 fully saturated rings. The average molecular weight is 420 g/mol. The summed E-state index contributed by atoms with van der Waals surface area (Å²) in [5.74, 6) is -0.333. The van der Waals surface area contributed by atoms with Crippen molar-refractivity contribution in [2.24, 2.45) is 0 Å². The maximum atomic E-state index is 15.1. The number of hydrogen-bond acceptors (Lipinski definition) is 5. The number of morpholine rings is 1. The zero-order valence-electron chi connectivity index (χ0n) is 17.1. The lowest BCUT2D eigenvalue weighted by atomic mass is 9.79. The molecule has 6 heteroatoms. The summed E-state index contributed by atoms with van der Waals surface area (Å²) in [5.41, 5.74) is 0.506. The van der Waals surface area contributed by atoms with Crippen LogP contribution >= 0.6 is 11.8 Å². The monoisotopic (exact) mass is 419 g/mol. The number of methoxy groups -OCH3 is 1. The van der Waals surface area contributed by atoms with Gasteiger partial charge in [0.1, 0.15) is 17.5 Å². The lowest BCUT2D eigenvalue weighted by Gasteiger charge is -2.40. The minimum absolute atomic E-state index is 0.333. The van der Waals surface area contributed by atoms with Crippen molar-refractivity contribution >= 4 is 11.8 Å². The summed E-state index contributed by atoms with van der Waals surface area (Å²) in [6.45, 7) is 2.44. The van der Waals surface area contributed by atoms with E-state index in [1.165, 1.54) is 6.07 Å². The topological polar surface area (TPSA) is 50.7 Å². The Kier molecular flexibility index (Phi) is 8.09. The van der Waals surface area contributed by atoms with Crippen LogP contribution in [-0.2, 0) is 15.1 Å². The first-order valence-corrected chi connectivity index (χ1v) is 11.3. The van der Waals surface area contributed by atoms with Crippen molar-refractivity contribution in [1.82, 2.24) is 5.32 Å². The zero-order valence-corrected chi connectivity index (χ0v) is 17.9. The smallest absolute Gasteiger partial charge is 0.131 e. The molecule has 0 aliphatic carbocycles. The fourth-order valence-electron chi connectivity index (χ4n) is 3.94. The lowest BCUT2D eigenvalue weighted by molar-refractivity contribution is -0.129. The molecular formula is C23H30FNO3S. The SMILES string of the molecule is COCCCC[C@@](O)(c1cccc(F)c1-c1cccc(SC)c1)C1CNCCO1. The number of aliphatic hydroxyl groups is 1. The van der Waals surface area contributed by atoms with Crippen LogP contribution in [0.2, 0.25) is 0 Å². The predicted molar refractivity (Wildman–Crippen MR) is 116 cm³/mol. The summed E-state index contributed by atoms with van der Waals surface area (Å²) in [4.78, 5) is 1.05. The van der Waals surface area contributed by atoms with Crippen LogP contribution in [0.15, 0.2) is 47.4 Å². The largest absolute Gasteiger partial charge is 0.385 e. The Bertz CT molecular complexity index is 797. The number of thioether (sulfide) groups is 1. The van der Waals surface area contributed by atoms with E-state index < -0.39 is 11.7 Å². The first-order chi connectivity index (χ1) is 14.1. The van der Waals surface area contributed by atoms with Crippen molar-refractivity contribution in [2.75, 3.05) is 39.7 Å². The van der Waals surface area contributed by atoms with Crippen LogP contribution in [-0.4, -0.2) is 50.9 Å². The molecule has 0 saturated carbocycles.